The third kappa shape index (κ3) is 2.61. The van der Waals surface area contributed by atoms with Crippen LogP contribution in [0.5, 0.6) is 0 Å². The third-order valence-corrected chi connectivity index (χ3v) is 4.19. The van der Waals surface area contributed by atoms with Crippen molar-refractivity contribution in [2.75, 3.05) is 17.3 Å². The maximum atomic E-state index is 13.1. The molecule has 1 saturated carbocycles. The van der Waals surface area contributed by atoms with Crippen molar-refractivity contribution in [3.05, 3.63) is 24.0 Å². The van der Waals surface area contributed by atoms with E-state index < -0.39 is 0 Å². The SMILES string of the molecule is CSC1CCC(Nc2cc(F)ccc2N)C1. The number of hydrogen-bond acceptors (Lipinski definition) is 3. The Kier molecular flexibility index (Phi) is 3.59. The molecule has 0 radical (unpaired) electrons. The normalized spacial score (nSPS) is 24.6. The van der Waals surface area contributed by atoms with E-state index in [1.54, 1.807) is 6.07 Å². The molecule has 16 heavy (non-hydrogen) atoms. The van der Waals surface area contributed by atoms with Crippen molar-refractivity contribution in [3.63, 3.8) is 0 Å². The summed E-state index contributed by atoms with van der Waals surface area (Å²) in [6.45, 7) is 0. The second-order valence-electron chi connectivity index (χ2n) is 4.24. The van der Waals surface area contributed by atoms with Crippen LogP contribution in [-0.2, 0) is 0 Å². The molecular weight excluding hydrogens is 223 g/mol. The maximum Gasteiger partial charge on any atom is 0.125 e. The van der Waals surface area contributed by atoms with E-state index in [1.165, 1.54) is 18.6 Å². The van der Waals surface area contributed by atoms with Crippen LogP contribution in [0.1, 0.15) is 19.3 Å². The molecule has 2 atom stereocenters. The maximum absolute atomic E-state index is 13.1. The van der Waals surface area contributed by atoms with Crippen LogP contribution in [0.25, 0.3) is 0 Å². The minimum Gasteiger partial charge on any atom is -0.397 e. The van der Waals surface area contributed by atoms with Gasteiger partial charge in [0.25, 0.3) is 0 Å². The summed E-state index contributed by atoms with van der Waals surface area (Å²) in [5.41, 5.74) is 7.15. The van der Waals surface area contributed by atoms with Gasteiger partial charge in [-0.15, -0.1) is 0 Å². The van der Waals surface area contributed by atoms with E-state index in [4.69, 9.17) is 5.73 Å². The summed E-state index contributed by atoms with van der Waals surface area (Å²) in [4.78, 5) is 0. The first-order valence-corrected chi connectivity index (χ1v) is 6.82. The Balaban J connectivity index is 2.01. The van der Waals surface area contributed by atoms with Gasteiger partial charge in [0.05, 0.1) is 11.4 Å². The molecule has 1 fully saturated rings. The number of benzene rings is 1. The highest BCUT2D eigenvalue weighted by Gasteiger charge is 2.24. The lowest BCUT2D eigenvalue weighted by Gasteiger charge is -2.16. The second-order valence-corrected chi connectivity index (χ2v) is 5.38. The van der Waals surface area contributed by atoms with E-state index in [0.717, 1.165) is 23.8 Å². The molecule has 4 heteroatoms. The average Bonchev–Trinajstić information content (AvgIpc) is 2.71. The van der Waals surface area contributed by atoms with E-state index >= 15 is 0 Å². The lowest BCUT2D eigenvalue weighted by molar-refractivity contribution is 0.627. The van der Waals surface area contributed by atoms with Gasteiger partial charge in [0.2, 0.25) is 0 Å². The zero-order valence-electron chi connectivity index (χ0n) is 9.37. The standard InChI is InChI=1S/C12H17FN2S/c1-16-10-4-3-9(7-10)15-12-6-8(13)2-5-11(12)14/h2,5-6,9-10,15H,3-4,7,14H2,1H3. The van der Waals surface area contributed by atoms with Crippen LogP contribution in [-0.4, -0.2) is 17.5 Å². The molecular formula is C12H17FN2S. The molecule has 2 unspecified atom stereocenters. The molecule has 1 aliphatic carbocycles. The topological polar surface area (TPSA) is 38.0 Å². The van der Waals surface area contributed by atoms with Crippen molar-refractivity contribution < 1.29 is 4.39 Å². The highest BCUT2D eigenvalue weighted by molar-refractivity contribution is 7.99. The van der Waals surface area contributed by atoms with Crippen molar-refractivity contribution in [2.45, 2.75) is 30.6 Å². The van der Waals surface area contributed by atoms with Crippen molar-refractivity contribution in [3.8, 4) is 0 Å². The van der Waals surface area contributed by atoms with Crippen LogP contribution < -0.4 is 11.1 Å². The average molecular weight is 240 g/mol. The molecule has 0 amide bonds. The fourth-order valence-corrected chi connectivity index (χ4v) is 2.96. The summed E-state index contributed by atoms with van der Waals surface area (Å²) in [5, 5.41) is 4.06. The van der Waals surface area contributed by atoms with E-state index in [-0.39, 0.29) is 5.82 Å². The van der Waals surface area contributed by atoms with Crippen LogP contribution in [0, 0.1) is 5.82 Å². The summed E-state index contributed by atoms with van der Waals surface area (Å²) in [6.07, 6.45) is 5.65. The third-order valence-electron chi connectivity index (χ3n) is 3.09. The summed E-state index contributed by atoms with van der Waals surface area (Å²) in [6, 6.07) is 4.90. The highest BCUT2D eigenvalue weighted by atomic mass is 32.2. The van der Waals surface area contributed by atoms with E-state index in [9.17, 15) is 4.39 Å². The lowest BCUT2D eigenvalue weighted by Crippen LogP contribution is -2.17. The molecule has 0 saturated heterocycles. The van der Waals surface area contributed by atoms with Crippen LogP contribution >= 0.6 is 11.8 Å². The van der Waals surface area contributed by atoms with Gasteiger partial charge in [-0.3, -0.25) is 0 Å². The fraction of sp³-hybridized carbons (Fsp3) is 0.500. The van der Waals surface area contributed by atoms with Crippen LogP contribution in [0.4, 0.5) is 15.8 Å². The van der Waals surface area contributed by atoms with E-state index in [2.05, 4.69) is 11.6 Å². The first kappa shape index (κ1) is 11.6. The van der Waals surface area contributed by atoms with E-state index in [1.807, 2.05) is 11.8 Å². The quantitative estimate of drug-likeness (QED) is 0.797. The molecule has 3 N–H and O–H groups in total. The summed E-state index contributed by atoms with van der Waals surface area (Å²) < 4.78 is 13.1. The van der Waals surface area contributed by atoms with Gasteiger partial charge >= 0.3 is 0 Å². The van der Waals surface area contributed by atoms with Crippen molar-refractivity contribution >= 4 is 23.1 Å². The molecule has 2 nitrogen and oxygen atoms in total. The molecule has 1 aliphatic rings. The second kappa shape index (κ2) is 4.95. The number of nitrogens with one attached hydrogen (secondary N) is 1. The predicted octanol–water partition coefficient (Wildman–Crippen LogP) is 3.10. The van der Waals surface area contributed by atoms with Gasteiger partial charge in [0.1, 0.15) is 5.82 Å². The number of hydrogen-bond donors (Lipinski definition) is 2. The number of nitrogen functional groups attached to an aromatic ring is 1. The Morgan fingerprint density at radius 2 is 2.25 bits per heavy atom. The molecule has 0 heterocycles. The summed E-state index contributed by atoms with van der Waals surface area (Å²) >= 11 is 1.91. The van der Waals surface area contributed by atoms with Crippen molar-refractivity contribution in [1.29, 1.82) is 0 Å². The Morgan fingerprint density at radius 1 is 1.44 bits per heavy atom. The molecule has 88 valence electrons. The van der Waals surface area contributed by atoms with Gasteiger partial charge < -0.3 is 11.1 Å². The Bertz CT molecular complexity index is 370. The lowest BCUT2D eigenvalue weighted by atomic mass is 10.2. The fourth-order valence-electron chi connectivity index (χ4n) is 2.16. The van der Waals surface area contributed by atoms with Crippen LogP contribution in [0.3, 0.4) is 0 Å². The zero-order valence-corrected chi connectivity index (χ0v) is 10.2. The smallest absolute Gasteiger partial charge is 0.125 e. The van der Waals surface area contributed by atoms with Gasteiger partial charge in [-0.25, -0.2) is 4.39 Å². The molecule has 0 bridgehead atoms. The zero-order chi connectivity index (χ0) is 11.5. The molecule has 0 spiro atoms. The van der Waals surface area contributed by atoms with Gasteiger partial charge in [-0.2, -0.15) is 11.8 Å². The monoisotopic (exact) mass is 240 g/mol. The predicted molar refractivity (Wildman–Crippen MR) is 69.4 cm³/mol. The Labute approximate surface area is 99.8 Å². The molecule has 1 aromatic rings. The Hall–Kier alpha value is -0.900. The van der Waals surface area contributed by atoms with Gasteiger partial charge in [-0.05, 0) is 43.7 Å². The number of nitrogens with two attached hydrogens (primary N) is 1. The van der Waals surface area contributed by atoms with Gasteiger partial charge in [-0.1, -0.05) is 0 Å². The van der Waals surface area contributed by atoms with Crippen molar-refractivity contribution in [2.24, 2.45) is 0 Å². The van der Waals surface area contributed by atoms with Crippen molar-refractivity contribution in [1.82, 2.24) is 0 Å². The number of anilines is 2. The minimum absolute atomic E-state index is 0.240. The van der Waals surface area contributed by atoms with Crippen LogP contribution in [0.2, 0.25) is 0 Å². The number of rotatable bonds is 3. The summed E-state index contributed by atoms with van der Waals surface area (Å²) in [7, 11) is 0. The highest BCUT2D eigenvalue weighted by Crippen LogP contribution is 2.31. The Morgan fingerprint density at radius 3 is 2.94 bits per heavy atom. The minimum atomic E-state index is -0.240. The number of thioether (sulfide) groups is 1. The molecule has 0 aromatic heterocycles. The largest absolute Gasteiger partial charge is 0.397 e. The molecule has 0 aliphatic heterocycles. The number of halogens is 1. The van der Waals surface area contributed by atoms with Gasteiger partial charge in [0.15, 0.2) is 0 Å². The molecule has 1 aromatic carbocycles. The van der Waals surface area contributed by atoms with Gasteiger partial charge in [0, 0.05) is 11.3 Å². The van der Waals surface area contributed by atoms with Crippen LogP contribution in [0.15, 0.2) is 18.2 Å². The van der Waals surface area contributed by atoms with E-state index in [0.29, 0.717) is 11.7 Å². The summed E-state index contributed by atoms with van der Waals surface area (Å²) in [5.74, 6) is -0.240. The molecule has 2 rings (SSSR count). The first-order chi connectivity index (χ1) is 7.69. The first-order valence-electron chi connectivity index (χ1n) is 5.53.